The van der Waals surface area contributed by atoms with Gasteiger partial charge >= 0.3 is 0 Å². The fraction of sp³-hybridized carbons (Fsp3) is 0. The molecule has 0 atom stereocenters. The second-order valence-corrected chi connectivity index (χ2v) is 0.868. The molecule has 9 heavy (non-hydrogen) atoms. The number of hydrogen-bond acceptors (Lipinski definition) is 4. The molecule has 0 spiro atoms. The van der Waals surface area contributed by atoms with Crippen molar-refractivity contribution < 1.29 is 0 Å². The molecule has 0 saturated carbocycles. The van der Waals surface area contributed by atoms with Gasteiger partial charge < -0.3 is 6.15 Å². The minimum Gasteiger partial charge on any atom is -0.369 e. The molecule has 1 rings (SSSR count). The fourth-order valence-electron chi connectivity index (χ4n) is 0.220. The van der Waals surface area contributed by atoms with Gasteiger partial charge in [-0.05, 0) is 0 Å². The molecule has 1 heterocycles. The number of aromatic nitrogens is 4. The largest absolute Gasteiger partial charge is 0.369 e. The average Bonchev–Trinajstić information content (AvgIpc) is 2.19. The van der Waals surface area contributed by atoms with Crippen molar-refractivity contribution in [3.8, 4) is 0 Å². The summed E-state index contributed by atoms with van der Waals surface area (Å²) in [7, 11) is 0. The van der Waals surface area contributed by atoms with Crippen LogP contribution >= 0.6 is 0 Å². The summed E-state index contributed by atoms with van der Waals surface area (Å²) in [5.74, 6) is -0.0486. The van der Waals surface area contributed by atoms with Crippen LogP contribution in [-0.2, 0) is 0 Å². The van der Waals surface area contributed by atoms with Gasteiger partial charge in [0, 0.05) is 5.53 Å². The Morgan fingerprint density at radius 3 is 2.89 bits per heavy atom. The maximum atomic E-state index is 7.76. The molecule has 8 heteroatoms. The maximum absolute atomic E-state index is 7.76. The van der Waals surface area contributed by atoms with Crippen molar-refractivity contribution in [3.63, 3.8) is 0 Å². The Morgan fingerprint density at radius 2 is 2.44 bits per heavy atom. The molecule has 1 aromatic rings. The van der Waals surface area contributed by atoms with Crippen molar-refractivity contribution in [3.05, 3.63) is 10.4 Å². The van der Waals surface area contributed by atoms with E-state index in [1.54, 1.807) is 0 Å². The molecule has 0 saturated heterocycles. The average molecular weight is 128 g/mol. The highest BCUT2D eigenvalue weighted by Crippen LogP contribution is 1.92. The van der Waals surface area contributed by atoms with E-state index in [0.717, 1.165) is 0 Å². The van der Waals surface area contributed by atoms with E-state index < -0.39 is 0 Å². The van der Waals surface area contributed by atoms with Gasteiger partial charge in [-0.3, -0.25) is 5.10 Å². The lowest BCUT2D eigenvalue weighted by atomic mass is 11.1. The highest BCUT2D eigenvalue weighted by Gasteiger charge is 1.81. The van der Waals surface area contributed by atoms with E-state index in [2.05, 4.69) is 30.7 Å². The van der Waals surface area contributed by atoms with E-state index >= 15 is 0 Å². The molecule has 0 radical (unpaired) electrons. The van der Waals surface area contributed by atoms with E-state index in [1.165, 1.54) is 0 Å². The van der Waals surface area contributed by atoms with Crippen molar-refractivity contribution in [2.45, 2.75) is 0 Å². The number of rotatable bonds is 1. The number of quaternary nitrogens is 1. The third-order valence-corrected chi connectivity index (χ3v) is 0.442. The van der Waals surface area contributed by atoms with Crippen LogP contribution in [0.3, 0.4) is 0 Å². The minimum atomic E-state index is -0.0486. The van der Waals surface area contributed by atoms with Gasteiger partial charge in [-0.25, -0.2) is 5.10 Å². The van der Waals surface area contributed by atoms with Crippen LogP contribution in [0.2, 0.25) is 0 Å². The van der Waals surface area contributed by atoms with Gasteiger partial charge in [0.15, 0.2) is 5.95 Å². The lowest BCUT2D eigenvalue weighted by molar-refractivity contribution is 0.871. The van der Waals surface area contributed by atoms with Crippen LogP contribution in [0.4, 0.5) is 5.95 Å². The van der Waals surface area contributed by atoms with Crippen molar-refractivity contribution in [2.75, 3.05) is 0 Å². The van der Waals surface area contributed by atoms with E-state index in [0.29, 0.717) is 0 Å². The fourth-order valence-corrected chi connectivity index (χ4v) is 0.220. The highest BCUT2D eigenvalue weighted by molar-refractivity contribution is 5.04. The predicted octanol–water partition coefficient (Wildman–Crippen LogP) is 0.147. The van der Waals surface area contributed by atoms with E-state index in [1.807, 2.05) is 0 Å². The van der Waals surface area contributed by atoms with Crippen molar-refractivity contribution >= 4 is 5.95 Å². The summed E-state index contributed by atoms with van der Waals surface area (Å²) in [6.45, 7) is 0. The summed E-state index contributed by atoms with van der Waals surface area (Å²) in [6.07, 6.45) is 0. The van der Waals surface area contributed by atoms with Crippen LogP contribution in [0, 0.1) is 0 Å². The molecule has 0 aliphatic rings. The quantitative estimate of drug-likeness (QED) is 0.326. The Morgan fingerprint density at radius 1 is 1.67 bits per heavy atom. The van der Waals surface area contributed by atoms with Crippen LogP contribution in [0.5, 0.6) is 0 Å². The van der Waals surface area contributed by atoms with E-state index in [9.17, 15) is 0 Å². The molecule has 0 bridgehead atoms. The Bertz CT molecular complexity index is 190. The van der Waals surface area contributed by atoms with Gasteiger partial charge in [-0.1, -0.05) is 0 Å². The van der Waals surface area contributed by atoms with Crippen LogP contribution in [0.25, 0.3) is 10.4 Å². The van der Waals surface area contributed by atoms with Gasteiger partial charge in [0.2, 0.25) is 0 Å². The third kappa shape index (κ3) is 1.72. The molecule has 0 aliphatic carbocycles. The second-order valence-electron chi connectivity index (χ2n) is 0.868. The van der Waals surface area contributed by atoms with Gasteiger partial charge in [0.25, 0.3) is 0 Å². The normalized spacial score (nSPS) is 7.11. The summed E-state index contributed by atoms with van der Waals surface area (Å²) in [4.78, 5) is 2.40. The Balaban J connectivity index is 0.000000640. The van der Waals surface area contributed by atoms with Crippen molar-refractivity contribution in [1.29, 1.82) is 0 Å². The van der Waals surface area contributed by atoms with Crippen LogP contribution < -0.4 is 11.2 Å². The Labute approximate surface area is 49.5 Å². The van der Waals surface area contributed by atoms with Gasteiger partial charge in [0.1, 0.15) is 0 Å². The minimum absolute atomic E-state index is 0. The molecule has 0 unspecified atom stereocenters. The monoisotopic (exact) mass is 128 g/mol. The van der Waals surface area contributed by atoms with Crippen LogP contribution in [0.1, 0.15) is 0 Å². The van der Waals surface area contributed by atoms with Gasteiger partial charge in [-0.2, -0.15) is 5.21 Å². The first kappa shape index (κ1) is 7.34. The zero-order chi connectivity index (χ0) is 5.82. The number of azide groups is 1. The van der Waals surface area contributed by atoms with Gasteiger partial charge in [0.05, 0.1) is 10.0 Å². The number of tetrazole rings is 1. The topological polar surface area (TPSA) is 138 Å². The molecule has 0 fully saturated rings. The number of nitrogens with zero attached hydrogens (tertiary/aromatic N) is 7. The van der Waals surface area contributed by atoms with Crippen molar-refractivity contribution in [1.82, 2.24) is 26.8 Å². The molecule has 4 N–H and O–H groups in total. The maximum Gasteiger partial charge on any atom is 0.193 e. The van der Waals surface area contributed by atoms with Crippen LogP contribution in [-0.4, -0.2) is 15.5 Å². The molecular weight excluding hydrogens is 124 g/mol. The first-order valence-corrected chi connectivity index (χ1v) is 1.67. The molecular formula is CH4N8. The SMILES string of the molecule is [N-]=[N+]=Nc1nnn[n-]1.[NH4+]. The molecule has 48 valence electrons. The predicted molar refractivity (Wildman–Crippen MR) is 27.9 cm³/mol. The van der Waals surface area contributed by atoms with Gasteiger partial charge in [-0.15, -0.1) is 5.21 Å². The molecule has 0 aromatic carbocycles. The first-order chi connectivity index (χ1) is 3.93. The standard InChI is InChI=1S/CN7.H3N/c2-6-3-1-4-7-8-5-1;/h;1H3/q-1;/p+1. The third-order valence-electron chi connectivity index (χ3n) is 0.442. The zero-order valence-electron chi connectivity index (χ0n) is 4.63. The highest BCUT2D eigenvalue weighted by atomic mass is 15.5. The van der Waals surface area contributed by atoms with E-state index in [4.69, 9.17) is 5.53 Å². The molecule has 0 aliphatic heterocycles. The summed E-state index contributed by atoms with van der Waals surface area (Å²) in [5, 5.41) is 15.6. The molecule has 1 aromatic heterocycles. The Kier molecular flexibility index (Phi) is 2.74. The van der Waals surface area contributed by atoms with Crippen molar-refractivity contribution in [2.24, 2.45) is 5.11 Å². The lowest BCUT2D eigenvalue weighted by Gasteiger charge is -1.68. The zero-order valence-corrected chi connectivity index (χ0v) is 4.63. The smallest absolute Gasteiger partial charge is 0.193 e. The lowest BCUT2D eigenvalue weighted by Crippen LogP contribution is -1.69. The summed E-state index contributed by atoms with van der Waals surface area (Å²) in [6, 6.07) is 0. The van der Waals surface area contributed by atoms with E-state index in [-0.39, 0.29) is 12.1 Å². The van der Waals surface area contributed by atoms with Crippen LogP contribution in [0.15, 0.2) is 5.11 Å². The first-order valence-electron chi connectivity index (χ1n) is 1.67. The molecule has 8 nitrogen and oxygen atoms in total. The number of hydrogen-bond donors (Lipinski definition) is 1. The second kappa shape index (κ2) is 3.36. The molecule has 0 amide bonds. The summed E-state index contributed by atoms with van der Waals surface area (Å²) < 4.78 is 0. The summed E-state index contributed by atoms with van der Waals surface area (Å²) >= 11 is 0. The Hall–Kier alpha value is -1.66. The summed E-state index contributed by atoms with van der Waals surface area (Å²) in [5.41, 5.74) is 7.76.